The van der Waals surface area contributed by atoms with E-state index in [0.29, 0.717) is 0 Å². The third-order valence-electron chi connectivity index (χ3n) is 1.84. The standard InChI is InChI=1S/C6H13NO5/c1-11-6-4(10)2(8)3(9)5(7)12-6/h2-6,8-10H,7H2,1H3. The van der Waals surface area contributed by atoms with Crippen molar-refractivity contribution in [1.29, 1.82) is 0 Å². The zero-order chi connectivity index (χ0) is 9.30. The van der Waals surface area contributed by atoms with Gasteiger partial charge in [0.2, 0.25) is 0 Å². The molecule has 0 aromatic carbocycles. The fourth-order valence-electron chi connectivity index (χ4n) is 1.07. The van der Waals surface area contributed by atoms with E-state index in [1.807, 2.05) is 0 Å². The van der Waals surface area contributed by atoms with Crippen molar-refractivity contribution in [3.8, 4) is 0 Å². The van der Waals surface area contributed by atoms with Crippen LogP contribution in [0.4, 0.5) is 0 Å². The minimum absolute atomic E-state index is 0.988. The van der Waals surface area contributed by atoms with Gasteiger partial charge in [-0.3, -0.25) is 0 Å². The van der Waals surface area contributed by atoms with Gasteiger partial charge in [0, 0.05) is 7.11 Å². The molecule has 6 nitrogen and oxygen atoms in total. The molecule has 0 radical (unpaired) electrons. The van der Waals surface area contributed by atoms with Crippen molar-refractivity contribution in [3.05, 3.63) is 0 Å². The summed E-state index contributed by atoms with van der Waals surface area (Å²) in [6, 6.07) is 0. The molecule has 5 atom stereocenters. The number of ether oxygens (including phenoxy) is 2. The van der Waals surface area contributed by atoms with Crippen molar-refractivity contribution in [2.24, 2.45) is 5.73 Å². The van der Waals surface area contributed by atoms with Gasteiger partial charge < -0.3 is 30.5 Å². The Morgan fingerprint density at radius 3 is 2.25 bits per heavy atom. The molecule has 1 fully saturated rings. The molecule has 1 aliphatic heterocycles. The molecule has 12 heavy (non-hydrogen) atoms. The Hall–Kier alpha value is -0.240. The van der Waals surface area contributed by atoms with E-state index in [9.17, 15) is 10.2 Å². The Morgan fingerprint density at radius 2 is 1.75 bits per heavy atom. The number of rotatable bonds is 1. The van der Waals surface area contributed by atoms with Crippen LogP contribution in [-0.2, 0) is 9.47 Å². The number of hydrogen-bond acceptors (Lipinski definition) is 6. The molecule has 5 unspecified atom stereocenters. The van der Waals surface area contributed by atoms with Gasteiger partial charge >= 0.3 is 0 Å². The van der Waals surface area contributed by atoms with Crippen LogP contribution in [0.5, 0.6) is 0 Å². The summed E-state index contributed by atoms with van der Waals surface area (Å²) < 4.78 is 9.50. The number of methoxy groups -OCH3 is 1. The number of aliphatic hydroxyl groups excluding tert-OH is 3. The summed E-state index contributed by atoms with van der Waals surface area (Å²) in [5.41, 5.74) is 5.27. The van der Waals surface area contributed by atoms with Crippen molar-refractivity contribution in [1.82, 2.24) is 0 Å². The third kappa shape index (κ3) is 1.58. The molecular formula is C6H13NO5. The second-order valence-electron chi connectivity index (χ2n) is 2.68. The summed E-state index contributed by atoms with van der Waals surface area (Å²) in [4.78, 5) is 0. The zero-order valence-electron chi connectivity index (χ0n) is 6.62. The maximum absolute atomic E-state index is 9.21. The monoisotopic (exact) mass is 179 g/mol. The molecule has 5 N–H and O–H groups in total. The van der Waals surface area contributed by atoms with Crippen molar-refractivity contribution in [2.75, 3.05) is 7.11 Å². The molecule has 6 heteroatoms. The normalized spacial score (nSPS) is 49.2. The third-order valence-corrected chi connectivity index (χ3v) is 1.84. The maximum Gasteiger partial charge on any atom is 0.187 e. The van der Waals surface area contributed by atoms with Gasteiger partial charge in [0.15, 0.2) is 6.29 Å². The van der Waals surface area contributed by atoms with Crippen molar-refractivity contribution in [2.45, 2.75) is 30.8 Å². The van der Waals surface area contributed by atoms with Crippen LogP contribution < -0.4 is 5.73 Å². The first kappa shape index (κ1) is 9.85. The van der Waals surface area contributed by atoms with Gasteiger partial charge in [-0.1, -0.05) is 0 Å². The molecular weight excluding hydrogens is 166 g/mol. The highest BCUT2D eigenvalue weighted by molar-refractivity contribution is 4.86. The van der Waals surface area contributed by atoms with Crippen LogP contribution in [0.25, 0.3) is 0 Å². The van der Waals surface area contributed by atoms with Crippen molar-refractivity contribution >= 4 is 0 Å². The molecule has 0 bridgehead atoms. The Bertz CT molecular complexity index is 150. The van der Waals surface area contributed by atoms with Crippen LogP contribution in [0, 0.1) is 0 Å². The lowest BCUT2D eigenvalue weighted by molar-refractivity contribution is -0.288. The molecule has 72 valence electrons. The molecule has 0 saturated carbocycles. The summed E-state index contributed by atoms with van der Waals surface area (Å²) in [5, 5.41) is 27.5. The van der Waals surface area contributed by atoms with E-state index in [4.69, 9.17) is 15.6 Å². The van der Waals surface area contributed by atoms with E-state index < -0.39 is 30.8 Å². The smallest absolute Gasteiger partial charge is 0.187 e. The average Bonchev–Trinajstić information content (AvgIpc) is 2.08. The van der Waals surface area contributed by atoms with Crippen molar-refractivity contribution in [3.63, 3.8) is 0 Å². The average molecular weight is 179 g/mol. The lowest BCUT2D eigenvalue weighted by atomic mass is 10.0. The first-order valence-corrected chi connectivity index (χ1v) is 3.56. The van der Waals surface area contributed by atoms with Gasteiger partial charge in [0.1, 0.15) is 24.5 Å². The largest absolute Gasteiger partial charge is 0.387 e. The second kappa shape index (κ2) is 3.65. The van der Waals surface area contributed by atoms with E-state index >= 15 is 0 Å². The minimum atomic E-state index is -1.33. The van der Waals surface area contributed by atoms with E-state index in [0.717, 1.165) is 0 Å². The summed E-state index contributed by atoms with van der Waals surface area (Å²) in [6.07, 6.45) is -5.92. The summed E-state index contributed by atoms with van der Waals surface area (Å²) in [5.74, 6) is 0. The molecule has 1 saturated heterocycles. The van der Waals surface area contributed by atoms with Gasteiger partial charge in [0.05, 0.1) is 0 Å². The zero-order valence-corrected chi connectivity index (χ0v) is 6.62. The maximum atomic E-state index is 9.21. The molecule has 0 aliphatic carbocycles. The highest BCUT2D eigenvalue weighted by Gasteiger charge is 2.42. The van der Waals surface area contributed by atoms with Crippen LogP contribution in [0.1, 0.15) is 0 Å². The topological polar surface area (TPSA) is 105 Å². The lowest BCUT2D eigenvalue weighted by Gasteiger charge is -2.37. The molecule has 0 amide bonds. The van der Waals surface area contributed by atoms with Crippen LogP contribution in [0.2, 0.25) is 0 Å². The molecule has 1 aliphatic rings. The summed E-state index contributed by atoms with van der Waals surface area (Å²) >= 11 is 0. The molecule has 1 rings (SSSR count). The molecule has 1 heterocycles. The highest BCUT2D eigenvalue weighted by atomic mass is 16.7. The minimum Gasteiger partial charge on any atom is -0.387 e. The van der Waals surface area contributed by atoms with Crippen molar-refractivity contribution < 1.29 is 24.8 Å². The second-order valence-corrected chi connectivity index (χ2v) is 2.68. The van der Waals surface area contributed by atoms with Crippen LogP contribution >= 0.6 is 0 Å². The molecule has 0 spiro atoms. The highest BCUT2D eigenvalue weighted by Crippen LogP contribution is 2.18. The number of nitrogens with two attached hydrogens (primary N) is 1. The van der Waals surface area contributed by atoms with Crippen LogP contribution in [0.15, 0.2) is 0 Å². The summed E-state index contributed by atoms with van der Waals surface area (Å²) in [6.45, 7) is 0. The first-order chi connectivity index (χ1) is 5.57. The number of aliphatic hydroxyl groups is 3. The molecule has 0 aromatic rings. The van der Waals surface area contributed by atoms with Crippen LogP contribution in [0.3, 0.4) is 0 Å². The van der Waals surface area contributed by atoms with Gasteiger partial charge in [-0.15, -0.1) is 0 Å². The van der Waals surface area contributed by atoms with Gasteiger partial charge in [-0.2, -0.15) is 0 Å². The number of hydrogen-bond donors (Lipinski definition) is 4. The predicted octanol–water partition coefficient (Wildman–Crippen LogP) is -2.64. The first-order valence-electron chi connectivity index (χ1n) is 3.56. The Kier molecular flexibility index (Phi) is 2.99. The van der Waals surface area contributed by atoms with E-state index in [1.165, 1.54) is 7.11 Å². The fraction of sp³-hybridized carbons (Fsp3) is 1.00. The van der Waals surface area contributed by atoms with Crippen LogP contribution in [-0.4, -0.2) is 53.3 Å². The quantitative estimate of drug-likeness (QED) is 0.350. The fourth-order valence-corrected chi connectivity index (χ4v) is 1.07. The van der Waals surface area contributed by atoms with E-state index in [1.54, 1.807) is 0 Å². The lowest BCUT2D eigenvalue weighted by Crippen LogP contribution is -2.60. The van der Waals surface area contributed by atoms with Gasteiger partial charge in [-0.25, -0.2) is 0 Å². The summed E-state index contributed by atoms with van der Waals surface area (Å²) in [7, 11) is 1.31. The Morgan fingerprint density at radius 1 is 1.17 bits per heavy atom. The van der Waals surface area contributed by atoms with Gasteiger partial charge in [0.25, 0.3) is 0 Å². The van der Waals surface area contributed by atoms with E-state index in [-0.39, 0.29) is 0 Å². The van der Waals surface area contributed by atoms with Gasteiger partial charge in [-0.05, 0) is 0 Å². The Balaban J connectivity index is 2.63. The molecule has 0 aromatic heterocycles. The Labute approximate surface area is 69.5 Å². The predicted molar refractivity (Wildman–Crippen MR) is 37.9 cm³/mol. The SMILES string of the molecule is COC1OC(N)C(O)C(O)C1O. The van der Waals surface area contributed by atoms with E-state index in [2.05, 4.69) is 4.74 Å².